The molecule has 1 saturated heterocycles. The third kappa shape index (κ3) is 4.55. The minimum absolute atomic E-state index is 0.110. The van der Waals surface area contributed by atoms with E-state index < -0.39 is 5.97 Å². The number of benzene rings is 2. The highest BCUT2D eigenvalue weighted by molar-refractivity contribution is 5.88. The fourth-order valence-electron chi connectivity index (χ4n) is 3.32. The zero-order chi connectivity index (χ0) is 18.4. The Kier molecular flexibility index (Phi) is 6.12. The number of nitrogens with zero attached hydrogens (tertiary/aromatic N) is 1. The molecular formula is C21H25NO4. The Morgan fingerprint density at radius 2 is 1.85 bits per heavy atom. The molecule has 0 spiro atoms. The lowest BCUT2D eigenvalue weighted by atomic mass is 10.1. The van der Waals surface area contributed by atoms with Crippen molar-refractivity contribution < 1.29 is 19.4 Å². The number of ether oxygens (including phenoxy) is 2. The maximum Gasteiger partial charge on any atom is 0.335 e. The highest BCUT2D eigenvalue weighted by atomic mass is 16.5. The minimum Gasteiger partial charge on any atom is -0.493 e. The molecule has 0 bridgehead atoms. The molecule has 5 heteroatoms. The molecule has 3 rings (SSSR count). The van der Waals surface area contributed by atoms with Gasteiger partial charge in [-0.15, -0.1) is 0 Å². The lowest BCUT2D eigenvalue weighted by molar-refractivity contribution is 0.0696. The molecular weight excluding hydrogens is 330 g/mol. The van der Waals surface area contributed by atoms with Crippen molar-refractivity contribution in [1.29, 1.82) is 0 Å². The van der Waals surface area contributed by atoms with E-state index in [2.05, 4.69) is 17.0 Å². The Bertz CT molecular complexity index is 726. The topological polar surface area (TPSA) is 59.0 Å². The average molecular weight is 355 g/mol. The number of carboxylic acids is 1. The summed E-state index contributed by atoms with van der Waals surface area (Å²) in [5, 5.41) is 9.16. The van der Waals surface area contributed by atoms with E-state index in [1.165, 1.54) is 26.0 Å². The molecule has 0 saturated carbocycles. The van der Waals surface area contributed by atoms with Gasteiger partial charge in [0, 0.05) is 13.0 Å². The second-order valence-corrected chi connectivity index (χ2v) is 6.53. The molecule has 1 fully saturated rings. The average Bonchev–Trinajstić information content (AvgIpc) is 3.19. The van der Waals surface area contributed by atoms with Gasteiger partial charge in [-0.2, -0.15) is 0 Å². The van der Waals surface area contributed by atoms with Crippen LogP contribution in [0.25, 0.3) is 0 Å². The third-order valence-electron chi connectivity index (χ3n) is 4.76. The van der Waals surface area contributed by atoms with Crippen LogP contribution < -0.4 is 9.47 Å². The van der Waals surface area contributed by atoms with Gasteiger partial charge in [0.05, 0.1) is 12.7 Å². The molecule has 0 aromatic heterocycles. The first-order valence-electron chi connectivity index (χ1n) is 9.02. The maximum absolute atomic E-state index is 11.2. The number of methoxy groups -OCH3 is 1. The summed E-state index contributed by atoms with van der Waals surface area (Å²) in [6.07, 6.45) is 3.29. The summed E-state index contributed by atoms with van der Waals surface area (Å²) < 4.78 is 11.6. The molecule has 1 heterocycles. The SMILES string of the molecule is COc1cc(C(=O)O)ccc1O[C@@H](CCN1CCCC1)c1ccccc1. The van der Waals surface area contributed by atoms with Crippen molar-refractivity contribution in [3.05, 3.63) is 59.7 Å². The molecule has 1 N–H and O–H groups in total. The van der Waals surface area contributed by atoms with Gasteiger partial charge in [0.15, 0.2) is 11.5 Å². The minimum atomic E-state index is -0.983. The Balaban J connectivity index is 1.79. The molecule has 1 aliphatic heterocycles. The van der Waals surface area contributed by atoms with E-state index in [1.807, 2.05) is 18.2 Å². The number of hydrogen-bond donors (Lipinski definition) is 1. The summed E-state index contributed by atoms with van der Waals surface area (Å²) in [5.41, 5.74) is 1.29. The van der Waals surface area contributed by atoms with Crippen molar-refractivity contribution in [3.8, 4) is 11.5 Å². The number of carbonyl (C=O) groups is 1. The smallest absolute Gasteiger partial charge is 0.335 e. The van der Waals surface area contributed by atoms with E-state index in [-0.39, 0.29) is 11.7 Å². The molecule has 26 heavy (non-hydrogen) atoms. The van der Waals surface area contributed by atoms with Crippen LogP contribution in [0.15, 0.2) is 48.5 Å². The molecule has 2 aromatic carbocycles. The van der Waals surface area contributed by atoms with Crippen LogP contribution in [0, 0.1) is 0 Å². The van der Waals surface area contributed by atoms with Gasteiger partial charge in [-0.05, 0) is 49.7 Å². The van der Waals surface area contributed by atoms with E-state index in [4.69, 9.17) is 14.6 Å². The van der Waals surface area contributed by atoms with Crippen molar-refractivity contribution in [3.63, 3.8) is 0 Å². The molecule has 138 valence electrons. The van der Waals surface area contributed by atoms with Crippen LogP contribution in [-0.2, 0) is 0 Å². The van der Waals surface area contributed by atoms with Gasteiger partial charge in [-0.1, -0.05) is 30.3 Å². The summed E-state index contributed by atoms with van der Waals surface area (Å²) >= 11 is 0. The quantitative estimate of drug-likeness (QED) is 0.776. The lowest BCUT2D eigenvalue weighted by Gasteiger charge is -2.24. The van der Waals surface area contributed by atoms with Gasteiger partial charge in [-0.25, -0.2) is 4.79 Å². The van der Waals surface area contributed by atoms with E-state index in [9.17, 15) is 4.79 Å². The van der Waals surface area contributed by atoms with Crippen LogP contribution in [0.1, 0.15) is 41.3 Å². The van der Waals surface area contributed by atoms with Crippen LogP contribution in [0.3, 0.4) is 0 Å². The summed E-state index contributed by atoms with van der Waals surface area (Å²) in [5.74, 6) is 0.0169. The first-order chi connectivity index (χ1) is 12.7. The highest BCUT2D eigenvalue weighted by Gasteiger charge is 2.20. The molecule has 1 atom stereocenters. The van der Waals surface area contributed by atoms with Gasteiger partial charge in [0.25, 0.3) is 0 Å². The first-order valence-corrected chi connectivity index (χ1v) is 9.02. The number of rotatable bonds is 8. The van der Waals surface area contributed by atoms with Gasteiger partial charge in [-0.3, -0.25) is 0 Å². The van der Waals surface area contributed by atoms with Crippen molar-refractivity contribution >= 4 is 5.97 Å². The second kappa shape index (κ2) is 8.72. The van der Waals surface area contributed by atoms with Crippen molar-refractivity contribution in [1.82, 2.24) is 4.90 Å². The predicted molar refractivity (Wildman–Crippen MR) is 100 cm³/mol. The van der Waals surface area contributed by atoms with E-state index >= 15 is 0 Å². The van der Waals surface area contributed by atoms with Crippen LogP contribution in [0.5, 0.6) is 11.5 Å². The number of aromatic carboxylic acids is 1. The summed E-state index contributed by atoms with van der Waals surface area (Å²) in [6.45, 7) is 3.28. The normalized spacial score (nSPS) is 15.6. The Labute approximate surface area is 154 Å². The van der Waals surface area contributed by atoms with Gasteiger partial charge in [0.2, 0.25) is 0 Å². The Morgan fingerprint density at radius 3 is 2.50 bits per heavy atom. The zero-order valence-electron chi connectivity index (χ0n) is 15.1. The fourth-order valence-corrected chi connectivity index (χ4v) is 3.32. The van der Waals surface area contributed by atoms with Crippen LogP contribution >= 0.6 is 0 Å². The first kappa shape index (κ1) is 18.3. The Hall–Kier alpha value is -2.53. The van der Waals surface area contributed by atoms with E-state index in [0.29, 0.717) is 11.5 Å². The lowest BCUT2D eigenvalue weighted by Crippen LogP contribution is -2.23. The van der Waals surface area contributed by atoms with Gasteiger partial charge >= 0.3 is 5.97 Å². The van der Waals surface area contributed by atoms with E-state index in [1.54, 1.807) is 12.1 Å². The monoisotopic (exact) mass is 355 g/mol. The molecule has 0 unspecified atom stereocenters. The second-order valence-electron chi connectivity index (χ2n) is 6.53. The maximum atomic E-state index is 11.2. The van der Waals surface area contributed by atoms with Crippen LogP contribution in [0.2, 0.25) is 0 Å². The summed E-state index contributed by atoms with van der Waals surface area (Å²) in [4.78, 5) is 13.6. The summed E-state index contributed by atoms with van der Waals surface area (Å²) in [7, 11) is 1.52. The molecule has 5 nitrogen and oxygen atoms in total. The number of hydrogen-bond acceptors (Lipinski definition) is 4. The fraction of sp³-hybridized carbons (Fsp3) is 0.381. The van der Waals surface area contributed by atoms with Crippen LogP contribution in [0.4, 0.5) is 0 Å². The molecule has 1 aliphatic rings. The predicted octanol–water partition coefficient (Wildman–Crippen LogP) is 4.00. The Morgan fingerprint density at radius 1 is 1.12 bits per heavy atom. The molecule has 0 aliphatic carbocycles. The van der Waals surface area contributed by atoms with Gasteiger partial charge < -0.3 is 19.5 Å². The molecule has 0 amide bonds. The van der Waals surface area contributed by atoms with E-state index in [0.717, 1.165) is 31.6 Å². The van der Waals surface area contributed by atoms with Crippen molar-refractivity contribution in [2.75, 3.05) is 26.7 Å². The zero-order valence-corrected chi connectivity index (χ0v) is 15.1. The highest BCUT2D eigenvalue weighted by Crippen LogP contribution is 2.33. The standard InChI is InChI=1S/C21H25NO4/c1-25-20-15-17(21(23)24)9-10-19(20)26-18(16-7-3-2-4-8-16)11-14-22-12-5-6-13-22/h2-4,7-10,15,18H,5-6,11-14H2,1H3,(H,23,24)/t18-/m0/s1. The largest absolute Gasteiger partial charge is 0.493 e. The third-order valence-corrected chi connectivity index (χ3v) is 4.76. The summed E-state index contributed by atoms with van der Waals surface area (Å²) in [6, 6.07) is 14.8. The number of carboxylic acid groups (broad SMARTS) is 1. The number of likely N-dealkylation sites (tertiary alicyclic amines) is 1. The van der Waals surface area contributed by atoms with Crippen molar-refractivity contribution in [2.24, 2.45) is 0 Å². The van der Waals surface area contributed by atoms with Crippen molar-refractivity contribution in [2.45, 2.75) is 25.4 Å². The van der Waals surface area contributed by atoms with Crippen LogP contribution in [-0.4, -0.2) is 42.7 Å². The molecule has 2 aromatic rings. The molecule has 0 radical (unpaired) electrons. The van der Waals surface area contributed by atoms with Gasteiger partial charge in [0.1, 0.15) is 6.10 Å².